The van der Waals surface area contributed by atoms with Crippen LogP contribution in [0.1, 0.15) is 19.2 Å². The molecule has 0 aromatic carbocycles. The van der Waals surface area contributed by atoms with E-state index in [1.54, 1.807) is 0 Å². The van der Waals surface area contributed by atoms with Crippen molar-refractivity contribution >= 4 is 0 Å². The summed E-state index contributed by atoms with van der Waals surface area (Å²) in [6.45, 7) is 2.85. The van der Waals surface area contributed by atoms with Gasteiger partial charge in [-0.3, -0.25) is 5.10 Å². The molecule has 0 fully saturated rings. The van der Waals surface area contributed by atoms with Crippen molar-refractivity contribution in [2.45, 2.75) is 19.8 Å². The number of H-pyrrole nitrogens is 1. The Balaban J connectivity index is 2.41. The quantitative estimate of drug-likeness (QED) is 0.656. The van der Waals surface area contributed by atoms with Crippen LogP contribution in [0.2, 0.25) is 0 Å². The second-order valence-electron chi connectivity index (χ2n) is 2.65. The SMILES string of the molecule is CCC(CN)Cc1ncn[nH]1. The second-order valence-corrected chi connectivity index (χ2v) is 2.65. The molecular formula is C7H14N4. The fourth-order valence-corrected chi connectivity index (χ4v) is 0.997. The maximum atomic E-state index is 5.54. The van der Waals surface area contributed by atoms with E-state index >= 15 is 0 Å². The molecule has 0 spiro atoms. The summed E-state index contributed by atoms with van der Waals surface area (Å²) in [6.07, 6.45) is 3.53. The first kappa shape index (κ1) is 8.20. The highest BCUT2D eigenvalue weighted by Gasteiger charge is 2.06. The van der Waals surface area contributed by atoms with Crippen molar-refractivity contribution in [3.63, 3.8) is 0 Å². The largest absolute Gasteiger partial charge is 0.330 e. The van der Waals surface area contributed by atoms with E-state index in [-0.39, 0.29) is 0 Å². The zero-order chi connectivity index (χ0) is 8.10. The van der Waals surface area contributed by atoms with Crippen LogP contribution in [0.4, 0.5) is 0 Å². The van der Waals surface area contributed by atoms with E-state index in [0.29, 0.717) is 5.92 Å². The topological polar surface area (TPSA) is 67.6 Å². The lowest BCUT2D eigenvalue weighted by Gasteiger charge is -2.08. The Morgan fingerprint density at radius 3 is 3.00 bits per heavy atom. The Kier molecular flexibility index (Phi) is 3.04. The molecule has 62 valence electrons. The van der Waals surface area contributed by atoms with E-state index in [1.807, 2.05) is 0 Å². The van der Waals surface area contributed by atoms with Gasteiger partial charge in [-0.2, -0.15) is 5.10 Å². The standard InChI is InChI=1S/C7H14N4/c1-2-6(4-8)3-7-9-5-10-11-7/h5-6H,2-4,8H2,1H3,(H,9,10,11). The molecule has 0 amide bonds. The molecule has 0 aliphatic carbocycles. The molecule has 1 aromatic heterocycles. The lowest BCUT2D eigenvalue weighted by atomic mass is 10.0. The van der Waals surface area contributed by atoms with Crippen LogP contribution in [0.3, 0.4) is 0 Å². The van der Waals surface area contributed by atoms with Gasteiger partial charge in [-0.25, -0.2) is 4.98 Å². The summed E-state index contributed by atoms with van der Waals surface area (Å²) in [7, 11) is 0. The Morgan fingerprint density at radius 1 is 1.73 bits per heavy atom. The highest BCUT2D eigenvalue weighted by Crippen LogP contribution is 2.05. The van der Waals surface area contributed by atoms with Gasteiger partial charge in [0.1, 0.15) is 12.2 Å². The van der Waals surface area contributed by atoms with Crippen molar-refractivity contribution in [1.29, 1.82) is 0 Å². The van der Waals surface area contributed by atoms with Gasteiger partial charge in [0.15, 0.2) is 0 Å². The second kappa shape index (κ2) is 4.08. The van der Waals surface area contributed by atoms with Crippen molar-refractivity contribution in [2.75, 3.05) is 6.54 Å². The number of aromatic amines is 1. The lowest BCUT2D eigenvalue weighted by molar-refractivity contribution is 0.506. The van der Waals surface area contributed by atoms with Gasteiger partial charge in [0.05, 0.1) is 0 Å². The first-order chi connectivity index (χ1) is 5.36. The monoisotopic (exact) mass is 154 g/mol. The van der Waals surface area contributed by atoms with Crippen LogP contribution in [0.5, 0.6) is 0 Å². The van der Waals surface area contributed by atoms with Crippen LogP contribution >= 0.6 is 0 Å². The molecule has 4 heteroatoms. The summed E-state index contributed by atoms with van der Waals surface area (Å²) in [4.78, 5) is 4.03. The van der Waals surface area contributed by atoms with Gasteiger partial charge >= 0.3 is 0 Å². The molecular weight excluding hydrogens is 140 g/mol. The van der Waals surface area contributed by atoms with Crippen LogP contribution in [0.25, 0.3) is 0 Å². The lowest BCUT2D eigenvalue weighted by Crippen LogP contribution is -2.16. The first-order valence-corrected chi connectivity index (χ1v) is 3.91. The molecule has 0 saturated carbocycles. The van der Waals surface area contributed by atoms with Crippen LogP contribution in [0, 0.1) is 5.92 Å². The van der Waals surface area contributed by atoms with Gasteiger partial charge in [0.25, 0.3) is 0 Å². The molecule has 1 heterocycles. The fraction of sp³-hybridized carbons (Fsp3) is 0.714. The van der Waals surface area contributed by atoms with Crippen LogP contribution in [0.15, 0.2) is 6.33 Å². The molecule has 0 radical (unpaired) electrons. The van der Waals surface area contributed by atoms with E-state index < -0.39 is 0 Å². The third kappa shape index (κ3) is 2.31. The minimum atomic E-state index is 0.531. The Hall–Kier alpha value is -0.900. The number of nitrogens with zero attached hydrogens (tertiary/aromatic N) is 2. The van der Waals surface area contributed by atoms with E-state index in [2.05, 4.69) is 22.1 Å². The summed E-state index contributed by atoms with van der Waals surface area (Å²) in [6, 6.07) is 0. The maximum absolute atomic E-state index is 5.54. The van der Waals surface area contributed by atoms with E-state index in [1.165, 1.54) is 6.33 Å². The molecule has 0 aliphatic rings. The average Bonchev–Trinajstić information content (AvgIpc) is 2.52. The van der Waals surface area contributed by atoms with E-state index in [0.717, 1.165) is 25.2 Å². The maximum Gasteiger partial charge on any atom is 0.137 e. The molecule has 0 saturated heterocycles. The van der Waals surface area contributed by atoms with Gasteiger partial charge in [0, 0.05) is 6.42 Å². The van der Waals surface area contributed by atoms with Crippen LogP contribution in [-0.2, 0) is 6.42 Å². The van der Waals surface area contributed by atoms with Crippen LogP contribution in [-0.4, -0.2) is 21.7 Å². The van der Waals surface area contributed by atoms with Crippen molar-refractivity contribution in [3.8, 4) is 0 Å². The summed E-state index contributed by atoms with van der Waals surface area (Å²) < 4.78 is 0. The van der Waals surface area contributed by atoms with Crippen LogP contribution < -0.4 is 5.73 Å². The van der Waals surface area contributed by atoms with Crippen molar-refractivity contribution in [2.24, 2.45) is 11.7 Å². The minimum absolute atomic E-state index is 0.531. The zero-order valence-electron chi connectivity index (χ0n) is 6.75. The number of nitrogens with two attached hydrogens (primary N) is 1. The average molecular weight is 154 g/mol. The molecule has 0 bridgehead atoms. The Bertz CT molecular complexity index is 178. The molecule has 1 unspecified atom stereocenters. The molecule has 4 nitrogen and oxygen atoms in total. The van der Waals surface area contributed by atoms with Crippen molar-refractivity contribution in [1.82, 2.24) is 15.2 Å². The number of hydrogen-bond donors (Lipinski definition) is 2. The fourth-order valence-electron chi connectivity index (χ4n) is 0.997. The molecule has 1 atom stereocenters. The highest BCUT2D eigenvalue weighted by molar-refractivity contribution is 4.83. The van der Waals surface area contributed by atoms with Gasteiger partial charge < -0.3 is 5.73 Å². The summed E-state index contributed by atoms with van der Waals surface area (Å²) in [5.41, 5.74) is 5.54. The number of aromatic nitrogens is 3. The summed E-state index contributed by atoms with van der Waals surface area (Å²) >= 11 is 0. The Morgan fingerprint density at radius 2 is 2.55 bits per heavy atom. The normalized spacial score (nSPS) is 13.3. The van der Waals surface area contributed by atoms with Gasteiger partial charge in [-0.05, 0) is 12.5 Å². The first-order valence-electron chi connectivity index (χ1n) is 3.91. The predicted molar refractivity (Wildman–Crippen MR) is 42.9 cm³/mol. The molecule has 11 heavy (non-hydrogen) atoms. The van der Waals surface area contributed by atoms with E-state index in [4.69, 9.17) is 5.73 Å². The molecule has 1 aromatic rings. The van der Waals surface area contributed by atoms with Gasteiger partial charge in [0.2, 0.25) is 0 Å². The number of hydrogen-bond acceptors (Lipinski definition) is 3. The minimum Gasteiger partial charge on any atom is -0.330 e. The summed E-state index contributed by atoms with van der Waals surface area (Å²) in [5, 5.41) is 6.59. The third-order valence-corrected chi connectivity index (χ3v) is 1.86. The summed E-state index contributed by atoms with van der Waals surface area (Å²) in [5.74, 6) is 1.46. The van der Waals surface area contributed by atoms with E-state index in [9.17, 15) is 0 Å². The predicted octanol–water partition coefficient (Wildman–Crippen LogP) is 0.332. The van der Waals surface area contributed by atoms with Crippen molar-refractivity contribution in [3.05, 3.63) is 12.2 Å². The third-order valence-electron chi connectivity index (χ3n) is 1.86. The number of rotatable bonds is 4. The zero-order valence-corrected chi connectivity index (χ0v) is 6.75. The molecule has 0 aliphatic heterocycles. The Labute approximate surface area is 66.2 Å². The van der Waals surface area contributed by atoms with Gasteiger partial charge in [-0.1, -0.05) is 13.3 Å². The molecule has 3 N–H and O–H groups in total. The van der Waals surface area contributed by atoms with Crippen molar-refractivity contribution < 1.29 is 0 Å². The molecule has 1 rings (SSSR count). The smallest absolute Gasteiger partial charge is 0.137 e. The van der Waals surface area contributed by atoms with Gasteiger partial charge in [-0.15, -0.1) is 0 Å². The number of nitrogens with one attached hydrogen (secondary N) is 1. The highest BCUT2D eigenvalue weighted by atomic mass is 15.2.